The maximum absolute atomic E-state index is 3.86. The summed E-state index contributed by atoms with van der Waals surface area (Å²) in [6.07, 6.45) is 1.76. The monoisotopic (exact) mass is 448 g/mol. The molecule has 0 saturated carbocycles. The number of fused-ring (bicyclic) bond motifs is 1. The Hall–Kier alpha value is -1.80. The van der Waals surface area contributed by atoms with E-state index in [0.29, 0.717) is 30.3 Å². The Labute approximate surface area is 199 Å². The van der Waals surface area contributed by atoms with Crippen LogP contribution in [0.5, 0.6) is 0 Å². The molecule has 0 aliphatic carbocycles. The molecular formula is C27H40N6. The maximum atomic E-state index is 3.86. The summed E-state index contributed by atoms with van der Waals surface area (Å²) in [6.45, 7) is 12.3. The van der Waals surface area contributed by atoms with Gasteiger partial charge in [0.1, 0.15) is 0 Å². The van der Waals surface area contributed by atoms with Crippen LogP contribution in [0.4, 0.5) is 0 Å². The van der Waals surface area contributed by atoms with Crippen LogP contribution in [0.25, 0.3) is 0 Å². The third-order valence-electron chi connectivity index (χ3n) is 7.82. The highest BCUT2D eigenvalue weighted by atomic mass is 15.3. The molecule has 2 aromatic carbocycles. The molecule has 3 heterocycles. The molecule has 3 fully saturated rings. The number of piperazine rings is 1. The van der Waals surface area contributed by atoms with Crippen LogP contribution < -0.4 is 21.3 Å². The zero-order chi connectivity index (χ0) is 22.6. The minimum Gasteiger partial charge on any atom is -0.301 e. The van der Waals surface area contributed by atoms with Crippen molar-refractivity contribution in [3.63, 3.8) is 0 Å². The molecule has 4 N–H and O–H groups in total. The summed E-state index contributed by atoms with van der Waals surface area (Å²) < 4.78 is 0. The molecule has 5 rings (SSSR count). The molecule has 0 radical (unpaired) electrons. The van der Waals surface area contributed by atoms with Crippen molar-refractivity contribution in [2.75, 3.05) is 39.4 Å². The van der Waals surface area contributed by atoms with Crippen molar-refractivity contribution in [1.29, 1.82) is 0 Å². The largest absolute Gasteiger partial charge is 0.301 e. The van der Waals surface area contributed by atoms with Gasteiger partial charge in [-0.3, -0.25) is 26.2 Å². The van der Waals surface area contributed by atoms with Crippen LogP contribution in [-0.2, 0) is 6.54 Å². The summed E-state index contributed by atoms with van der Waals surface area (Å²) in [5.74, 6) is 0.504. The first-order valence-electron chi connectivity index (χ1n) is 12.8. The molecule has 0 amide bonds. The van der Waals surface area contributed by atoms with Gasteiger partial charge in [-0.15, -0.1) is 0 Å². The third kappa shape index (κ3) is 5.48. The lowest BCUT2D eigenvalue weighted by molar-refractivity contribution is 0.132. The van der Waals surface area contributed by atoms with Gasteiger partial charge in [-0.1, -0.05) is 61.5 Å². The van der Waals surface area contributed by atoms with Crippen molar-refractivity contribution in [1.82, 2.24) is 31.1 Å². The van der Waals surface area contributed by atoms with E-state index >= 15 is 0 Å². The lowest BCUT2D eigenvalue weighted by Crippen LogP contribution is -2.63. The van der Waals surface area contributed by atoms with Crippen molar-refractivity contribution in [2.45, 2.75) is 51.2 Å². The Kier molecular flexibility index (Phi) is 7.40. The van der Waals surface area contributed by atoms with Crippen LogP contribution in [0.2, 0.25) is 0 Å². The van der Waals surface area contributed by atoms with Crippen molar-refractivity contribution in [2.24, 2.45) is 5.92 Å². The van der Waals surface area contributed by atoms with Gasteiger partial charge >= 0.3 is 0 Å². The van der Waals surface area contributed by atoms with Gasteiger partial charge in [-0.05, 0) is 36.6 Å². The van der Waals surface area contributed by atoms with E-state index in [9.17, 15) is 0 Å². The number of rotatable bonds is 7. The second-order valence-electron chi connectivity index (χ2n) is 9.91. The smallest absolute Gasteiger partial charge is 0.0644 e. The number of likely N-dealkylation sites (N-methyl/N-ethyl adjacent to an activating group) is 1. The fourth-order valence-electron chi connectivity index (χ4n) is 5.68. The summed E-state index contributed by atoms with van der Waals surface area (Å²) in [5, 5.41) is 15.0. The van der Waals surface area contributed by atoms with Crippen LogP contribution in [0.15, 0.2) is 54.6 Å². The molecule has 3 saturated heterocycles. The van der Waals surface area contributed by atoms with Gasteiger partial charge in [-0.2, -0.15) is 0 Å². The fourth-order valence-corrected chi connectivity index (χ4v) is 5.68. The lowest BCUT2D eigenvalue weighted by Gasteiger charge is -2.37. The minimum atomic E-state index is 0.296. The Morgan fingerprint density at radius 3 is 2.39 bits per heavy atom. The van der Waals surface area contributed by atoms with E-state index in [1.165, 1.54) is 49.4 Å². The van der Waals surface area contributed by atoms with Gasteiger partial charge in [0.15, 0.2) is 0 Å². The normalized spacial score (nSPS) is 29.6. The highest BCUT2D eigenvalue weighted by Crippen LogP contribution is 2.34. The Balaban J connectivity index is 1.17. The first-order chi connectivity index (χ1) is 16.2. The zero-order valence-electron chi connectivity index (χ0n) is 20.1. The summed E-state index contributed by atoms with van der Waals surface area (Å²) in [5.41, 5.74) is 4.17. The summed E-state index contributed by atoms with van der Waals surface area (Å²) >= 11 is 0. The number of benzene rings is 2. The predicted molar refractivity (Wildman–Crippen MR) is 135 cm³/mol. The minimum absolute atomic E-state index is 0.296. The van der Waals surface area contributed by atoms with Gasteiger partial charge in [0.05, 0.1) is 12.3 Å². The number of nitrogens with zero attached hydrogens (tertiary/aromatic N) is 2. The lowest BCUT2D eigenvalue weighted by atomic mass is 9.94. The second kappa shape index (κ2) is 10.6. The molecule has 0 spiro atoms. The zero-order valence-corrected chi connectivity index (χ0v) is 20.1. The van der Waals surface area contributed by atoms with Gasteiger partial charge in [0.25, 0.3) is 0 Å². The molecule has 0 bridgehead atoms. The van der Waals surface area contributed by atoms with E-state index in [2.05, 4.69) is 99.5 Å². The molecule has 0 aromatic heterocycles. The summed E-state index contributed by atoms with van der Waals surface area (Å²) in [4.78, 5) is 5.12. The van der Waals surface area contributed by atoms with Crippen molar-refractivity contribution in [3.8, 4) is 0 Å². The standard InChI is InChI=1S/C27H40N6/c1-3-32-13-15-33(16-14-32)18-21-9-11-23(12-10-21)25-17-24-26(28-19-29-27(24)31-25)30-20(2)22-7-5-4-6-8-22/h4-12,20,24-31H,3,13-19H2,1-2H3/t20-,24+,25+,26+,27+/m1/s1. The van der Waals surface area contributed by atoms with E-state index in [0.717, 1.165) is 19.6 Å². The SMILES string of the molecule is CCN1CCN(Cc2ccc([C@@H]3C[C@@H]4[C@@H](NCN[C@H]4N[C@H](C)c4ccccc4)N3)cc2)CC1. The van der Waals surface area contributed by atoms with E-state index in [-0.39, 0.29) is 0 Å². The van der Waals surface area contributed by atoms with Crippen LogP contribution in [0.3, 0.4) is 0 Å². The highest BCUT2D eigenvalue weighted by Gasteiger charge is 2.41. The van der Waals surface area contributed by atoms with Crippen molar-refractivity contribution < 1.29 is 0 Å². The molecule has 0 unspecified atom stereocenters. The molecule has 6 nitrogen and oxygen atoms in total. The molecule has 3 aliphatic heterocycles. The van der Waals surface area contributed by atoms with Gasteiger partial charge in [-0.25, -0.2) is 0 Å². The van der Waals surface area contributed by atoms with Gasteiger partial charge in [0.2, 0.25) is 0 Å². The summed E-state index contributed by atoms with van der Waals surface area (Å²) in [7, 11) is 0. The van der Waals surface area contributed by atoms with E-state index in [4.69, 9.17) is 0 Å². The van der Waals surface area contributed by atoms with Crippen LogP contribution in [0, 0.1) is 5.92 Å². The van der Waals surface area contributed by atoms with Crippen molar-refractivity contribution in [3.05, 3.63) is 71.3 Å². The number of hydrogen-bond acceptors (Lipinski definition) is 6. The highest BCUT2D eigenvalue weighted by molar-refractivity contribution is 5.27. The Morgan fingerprint density at radius 2 is 1.67 bits per heavy atom. The first-order valence-corrected chi connectivity index (χ1v) is 12.8. The second-order valence-corrected chi connectivity index (χ2v) is 9.91. The quantitative estimate of drug-likeness (QED) is 0.523. The molecular weight excluding hydrogens is 408 g/mol. The fraction of sp³-hybridized carbons (Fsp3) is 0.556. The average molecular weight is 449 g/mol. The van der Waals surface area contributed by atoms with E-state index in [1.807, 2.05) is 0 Å². The van der Waals surface area contributed by atoms with E-state index < -0.39 is 0 Å². The topological polar surface area (TPSA) is 54.6 Å². The predicted octanol–water partition coefficient (Wildman–Crippen LogP) is 2.63. The molecule has 3 aliphatic rings. The van der Waals surface area contributed by atoms with Crippen LogP contribution in [0.1, 0.15) is 49.0 Å². The number of hydrogen-bond donors (Lipinski definition) is 4. The van der Waals surface area contributed by atoms with Crippen LogP contribution >= 0.6 is 0 Å². The number of nitrogens with one attached hydrogen (secondary N) is 4. The third-order valence-corrected chi connectivity index (χ3v) is 7.82. The molecule has 6 heteroatoms. The van der Waals surface area contributed by atoms with Gasteiger partial charge < -0.3 is 4.90 Å². The molecule has 2 aromatic rings. The first kappa shape index (κ1) is 23.0. The molecule has 5 atom stereocenters. The maximum Gasteiger partial charge on any atom is 0.0644 e. The van der Waals surface area contributed by atoms with E-state index in [1.54, 1.807) is 0 Å². The van der Waals surface area contributed by atoms with Gasteiger partial charge in [0, 0.05) is 57.4 Å². The Morgan fingerprint density at radius 1 is 0.939 bits per heavy atom. The summed E-state index contributed by atoms with van der Waals surface area (Å²) in [6, 6.07) is 20.8. The van der Waals surface area contributed by atoms with Crippen LogP contribution in [-0.4, -0.2) is 61.5 Å². The Bertz CT molecular complexity index is 864. The van der Waals surface area contributed by atoms with Crippen molar-refractivity contribution >= 4 is 0 Å². The average Bonchev–Trinajstić information content (AvgIpc) is 3.31. The molecule has 33 heavy (non-hydrogen) atoms. The molecule has 178 valence electrons.